The Kier molecular flexibility index (Phi) is 4.39. The molecule has 5 heteroatoms. The van der Waals surface area contributed by atoms with Gasteiger partial charge in [-0.15, -0.1) is 0 Å². The molecule has 19 heavy (non-hydrogen) atoms. The molecule has 0 unspecified atom stereocenters. The summed E-state index contributed by atoms with van der Waals surface area (Å²) in [5, 5.41) is 9.39. The zero-order chi connectivity index (χ0) is 13.8. The third-order valence-electron chi connectivity index (χ3n) is 2.51. The lowest BCUT2D eigenvalue weighted by Crippen LogP contribution is -2.11. The average Bonchev–Trinajstić information content (AvgIpc) is 2.37. The van der Waals surface area contributed by atoms with Crippen LogP contribution in [0.4, 0.5) is 0 Å². The van der Waals surface area contributed by atoms with Gasteiger partial charge in [-0.1, -0.05) is 40.3 Å². The van der Waals surface area contributed by atoms with Crippen LogP contribution >= 0.6 is 28.1 Å². The predicted octanol–water partition coefficient (Wildman–Crippen LogP) is 3.37. The number of ether oxygens (including phenoxy) is 1. The number of benzene rings is 2. The molecule has 0 aliphatic carbocycles. The first-order chi connectivity index (χ1) is 9.06. The van der Waals surface area contributed by atoms with Crippen LogP contribution in [0, 0.1) is 0 Å². The fourth-order valence-electron chi connectivity index (χ4n) is 1.63. The maximum absolute atomic E-state index is 9.39. The lowest BCUT2D eigenvalue weighted by Gasteiger charge is -2.11. The number of halogens is 1. The van der Waals surface area contributed by atoms with E-state index in [1.807, 2.05) is 18.2 Å². The van der Waals surface area contributed by atoms with Gasteiger partial charge in [-0.05, 0) is 35.9 Å². The number of phenolic OH excluding ortho intramolecular Hbond substituents is 1. The molecule has 0 fully saturated rings. The SMILES string of the molecule is NC(=S)c1cc(Br)ccc1OCc1cccc(O)c1. The maximum Gasteiger partial charge on any atom is 0.130 e. The number of rotatable bonds is 4. The minimum atomic E-state index is 0.214. The van der Waals surface area contributed by atoms with Crippen molar-refractivity contribution in [2.24, 2.45) is 5.73 Å². The first kappa shape index (κ1) is 13.8. The first-order valence-corrected chi connectivity index (χ1v) is 6.76. The Balaban J connectivity index is 2.17. The summed E-state index contributed by atoms with van der Waals surface area (Å²) in [6, 6.07) is 12.4. The van der Waals surface area contributed by atoms with Crippen LogP contribution in [0.15, 0.2) is 46.9 Å². The van der Waals surface area contributed by atoms with Crippen molar-refractivity contribution in [3.05, 3.63) is 58.1 Å². The summed E-state index contributed by atoms with van der Waals surface area (Å²) in [5.74, 6) is 0.838. The molecule has 0 aliphatic heterocycles. The molecule has 0 spiro atoms. The summed E-state index contributed by atoms with van der Waals surface area (Å²) >= 11 is 8.36. The monoisotopic (exact) mass is 337 g/mol. The van der Waals surface area contributed by atoms with Crippen LogP contribution in [0.3, 0.4) is 0 Å². The normalized spacial score (nSPS) is 10.2. The minimum Gasteiger partial charge on any atom is -0.508 e. The Morgan fingerprint density at radius 3 is 2.74 bits per heavy atom. The van der Waals surface area contributed by atoms with Gasteiger partial charge in [0.15, 0.2) is 0 Å². The molecule has 0 amide bonds. The summed E-state index contributed by atoms with van der Waals surface area (Å²) in [5.41, 5.74) is 7.22. The molecule has 2 rings (SSSR count). The molecule has 3 N–H and O–H groups in total. The summed E-state index contributed by atoms with van der Waals surface area (Å²) in [6.07, 6.45) is 0. The van der Waals surface area contributed by atoms with E-state index in [1.54, 1.807) is 24.3 Å². The molecule has 0 atom stereocenters. The van der Waals surface area contributed by atoms with Gasteiger partial charge >= 0.3 is 0 Å². The molecule has 0 aliphatic rings. The van der Waals surface area contributed by atoms with Gasteiger partial charge in [0.2, 0.25) is 0 Å². The summed E-state index contributed by atoms with van der Waals surface area (Å²) in [7, 11) is 0. The molecular weight excluding hydrogens is 326 g/mol. The third-order valence-corrected chi connectivity index (χ3v) is 3.23. The van der Waals surface area contributed by atoms with E-state index in [0.717, 1.165) is 10.0 Å². The van der Waals surface area contributed by atoms with Crippen LogP contribution in [0.5, 0.6) is 11.5 Å². The fraction of sp³-hybridized carbons (Fsp3) is 0.0714. The number of nitrogens with two attached hydrogens (primary N) is 1. The Hall–Kier alpha value is -1.59. The highest BCUT2D eigenvalue weighted by Gasteiger charge is 2.07. The van der Waals surface area contributed by atoms with Crippen molar-refractivity contribution in [2.75, 3.05) is 0 Å². The van der Waals surface area contributed by atoms with Gasteiger partial charge in [-0.3, -0.25) is 0 Å². The number of thiocarbonyl (C=S) groups is 1. The molecule has 98 valence electrons. The highest BCUT2D eigenvalue weighted by molar-refractivity contribution is 9.10. The quantitative estimate of drug-likeness (QED) is 0.840. The third kappa shape index (κ3) is 3.68. The van der Waals surface area contributed by atoms with Crippen LogP contribution in [0.2, 0.25) is 0 Å². The second kappa shape index (κ2) is 6.04. The molecule has 2 aromatic carbocycles. The van der Waals surface area contributed by atoms with E-state index in [1.165, 1.54) is 0 Å². The first-order valence-electron chi connectivity index (χ1n) is 5.56. The summed E-state index contributed by atoms with van der Waals surface area (Å²) < 4.78 is 6.58. The number of aromatic hydroxyl groups is 1. The molecule has 0 radical (unpaired) electrons. The largest absolute Gasteiger partial charge is 0.508 e. The van der Waals surface area contributed by atoms with Crippen molar-refractivity contribution in [1.82, 2.24) is 0 Å². The molecule has 0 heterocycles. The lowest BCUT2D eigenvalue weighted by atomic mass is 10.2. The Morgan fingerprint density at radius 1 is 1.26 bits per heavy atom. The summed E-state index contributed by atoms with van der Waals surface area (Å²) in [4.78, 5) is 0.284. The van der Waals surface area contributed by atoms with E-state index in [0.29, 0.717) is 17.9 Å². The summed E-state index contributed by atoms with van der Waals surface area (Å²) in [6.45, 7) is 0.339. The Bertz CT molecular complexity index is 616. The molecule has 0 saturated heterocycles. The van der Waals surface area contributed by atoms with Crippen molar-refractivity contribution in [1.29, 1.82) is 0 Å². The number of hydrogen-bond donors (Lipinski definition) is 2. The Labute approximate surface area is 125 Å². The van der Waals surface area contributed by atoms with Crippen molar-refractivity contribution < 1.29 is 9.84 Å². The zero-order valence-electron chi connectivity index (χ0n) is 9.97. The minimum absolute atomic E-state index is 0.214. The molecular formula is C14H12BrNO2S. The molecule has 0 bridgehead atoms. The standard InChI is InChI=1S/C14H12BrNO2S/c15-10-4-5-13(12(7-10)14(16)19)18-8-9-2-1-3-11(17)6-9/h1-7,17H,8H2,(H2,16,19). The molecule has 2 aromatic rings. The van der Waals surface area contributed by atoms with Gasteiger partial charge < -0.3 is 15.6 Å². The lowest BCUT2D eigenvalue weighted by molar-refractivity contribution is 0.305. The van der Waals surface area contributed by atoms with E-state index in [9.17, 15) is 5.11 Å². The maximum atomic E-state index is 9.39. The van der Waals surface area contributed by atoms with Crippen molar-refractivity contribution in [3.63, 3.8) is 0 Å². The van der Waals surface area contributed by atoms with E-state index >= 15 is 0 Å². The van der Waals surface area contributed by atoms with Crippen LogP contribution in [0.1, 0.15) is 11.1 Å². The van der Waals surface area contributed by atoms with Crippen LogP contribution in [0.25, 0.3) is 0 Å². The van der Waals surface area contributed by atoms with Crippen LogP contribution in [-0.2, 0) is 6.61 Å². The number of hydrogen-bond acceptors (Lipinski definition) is 3. The van der Waals surface area contributed by atoms with Crippen molar-refractivity contribution in [3.8, 4) is 11.5 Å². The van der Waals surface area contributed by atoms with Gasteiger partial charge in [0, 0.05) is 4.47 Å². The van der Waals surface area contributed by atoms with E-state index in [2.05, 4.69) is 15.9 Å². The topological polar surface area (TPSA) is 55.5 Å². The van der Waals surface area contributed by atoms with Gasteiger partial charge in [0.05, 0.1) is 5.56 Å². The van der Waals surface area contributed by atoms with Gasteiger partial charge in [-0.2, -0.15) is 0 Å². The highest BCUT2D eigenvalue weighted by atomic mass is 79.9. The predicted molar refractivity (Wildman–Crippen MR) is 82.5 cm³/mol. The van der Waals surface area contributed by atoms with Gasteiger partial charge in [-0.25, -0.2) is 0 Å². The fourth-order valence-corrected chi connectivity index (χ4v) is 2.15. The Morgan fingerprint density at radius 2 is 2.05 bits per heavy atom. The molecule has 0 aromatic heterocycles. The second-order valence-electron chi connectivity index (χ2n) is 3.96. The molecule has 0 saturated carbocycles. The second-order valence-corrected chi connectivity index (χ2v) is 5.32. The van der Waals surface area contributed by atoms with Crippen LogP contribution < -0.4 is 10.5 Å². The zero-order valence-corrected chi connectivity index (χ0v) is 12.4. The van der Waals surface area contributed by atoms with E-state index in [-0.39, 0.29) is 10.7 Å². The molecule has 3 nitrogen and oxygen atoms in total. The highest BCUT2D eigenvalue weighted by Crippen LogP contribution is 2.24. The van der Waals surface area contributed by atoms with Crippen molar-refractivity contribution in [2.45, 2.75) is 6.61 Å². The van der Waals surface area contributed by atoms with Crippen LogP contribution in [-0.4, -0.2) is 10.1 Å². The van der Waals surface area contributed by atoms with Crippen molar-refractivity contribution >= 4 is 33.1 Å². The van der Waals surface area contributed by atoms with E-state index < -0.39 is 0 Å². The van der Waals surface area contributed by atoms with E-state index in [4.69, 9.17) is 22.7 Å². The van der Waals surface area contributed by atoms with Gasteiger partial charge in [0.1, 0.15) is 23.1 Å². The average molecular weight is 338 g/mol. The number of phenols is 1. The smallest absolute Gasteiger partial charge is 0.130 e. The van der Waals surface area contributed by atoms with Gasteiger partial charge in [0.25, 0.3) is 0 Å².